The molecule has 0 aliphatic carbocycles. The number of carbonyl (C=O) groups is 1. The molecule has 2 saturated heterocycles. The maximum absolute atomic E-state index is 12.1. The van der Waals surface area contributed by atoms with Crippen LogP contribution in [0, 0.1) is 0 Å². The molecule has 2 rings (SSSR count). The lowest BCUT2D eigenvalue weighted by Gasteiger charge is -2.32. The van der Waals surface area contributed by atoms with Crippen molar-refractivity contribution in [3.05, 3.63) is 0 Å². The Kier molecular flexibility index (Phi) is 4.70. The van der Waals surface area contributed by atoms with Crippen molar-refractivity contribution in [2.24, 2.45) is 0 Å². The monoisotopic (exact) mass is 257 g/mol. The molecule has 0 saturated carbocycles. The van der Waals surface area contributed by atoms with Crippen molar-refractivity contribution in [1.82, 2.24) is 15.1 Å². The van der Waals surface area contributed by atoms with E-state index >= 15 is 0 Å². The van der Waals surface area contributed by atoms with Crippen LogP contribution in [0.5, 0.6) is 0 Å². The molecule has 1 amide bonds. The molecule has 0 spiro atoms. The topological polar surface area (TPSA) is 35.6 Å². The molecule has 1 N–H and O–H groups in total. The Bertz CT molecular complexity index is 268. The maximum Gasteiger partial charge on any atom is 0.235 e. The van der Waals surface area contributed by atoms with E-state index < -0.39 is 0 Å². The summed E-state index contributed by atoms with van der Waals surface area (Å²) in [7, 11) is 0. The summed E-state index contributed by atoms with van der Waals surface area (Å²) in [6.45, 7) is 8.32. The molecule has 0 aromatic carbocycles. The van der Waals surface area contributed by atoms with E-state index in [9.17, 15) is 4.79 Å². The van der Waals surface area contributed by atoms with E-state index in [1.807, 2.05) is 18.1 Å². The van der Waals surface area contributed by atoms with Gasteiger partial charge in [-0.3, -0.25) is 9.69 Å². The summed E-state index contributed by atoms with van der Waals surface area (Å²) < 4.78 is 0. The Morgan fingerprint density at radius 3 is 2.71 bits per heavy atom. The first-order chi connectivity index (χ1) is 8.22. The number of hydrogen-bond donors (Lipinski definition) is 1. The molecule has 17 heavy (non-hydrogen) atoms. The minimum atomic E-state index is 0.108. The highest BCUT2D eigenvalue weighted by atomic mass is 32.2. The number of nitrogens with zero attached hydrogens (tertiary/aromatic N) is 2. The van der Waals surface area contributed by atoms with Crippen LogP contribution >= 0.6 is 11.8 Å². The number of hydrogen-bond acceptors (Lipinski definition) is 4. The number of amides is 1. The zero-order valence-electron chi connectivity index (χ0n) is 10.8. The van der Waals surface area contributed by atoms with Gasteiger partial charge in [-0.25, -0.2) is 0 Å². The number of piperazine rings is 1. The molecule has 2 fully saturated rings. The van der Waals surface area contributed by atoms with E-state index in [-0.39, 0.29) is 5.25 Å². The van der Waals surface area contributed by atoms with Gasteiger partial charge in [0.2, 0.25) is 5.91 Å². The number of likely N-dealkylation sites (tertiary alicyclic amines) is 1. The third-order valence-electron chi connectivity index (χ3n) is 3.84. The van der Waals surface area contributed by atoms with Crippen molar-refractivity contribution in [1.29, 1.82) is 0 Å². The number of thioether (sulfide) groups is 1. The van der Waals surface area contributed by atoms with Gasteiger partial charge in [0.05, 0.1) is 5.25 Å². The van der Waals surface area contributed by atoms with Crippen molar-refractivity contribution in [2.45, 2.75) is 24.6 Å². The number of nitrogens with one attached hydrogen (secondary N) is 1. The Morgan fingerprint density at radius 1 is 1.35 bits per heavy atom. The van der Waals surface area contributed by atoms with Crippen LogP contribution in [0.1, 0.15) is 13.3 Å². The van der Waals surface area contributed by atoms with E-state index in [4.69, 9.17) is 0 Å². The number of carbonyl (C=O) groups excluding carboxylic acids is 1. The molecule has 2 unspecified atom stereocenters. The van der Waals surface area contributed by atoms with Crippen LogP contribution in [0.15, 0.2) is 0 Å². The average Bonchev–Trinajstić information content (AvgIpc) is 2.87. The predicted octanol–water partition coefficient (Wildman–Crippen LogP) is 0.244. The maximum atomic E-state index is 12.1. The summed E-state index contributed by atoms with van der Waals surface area (Å²) in [6.07, 6.45) is 3.15. The Morgan fingerprint density at radius 2 is 2.06 bits per heavy atom. The van der Waals surface area contributed by atoms with Crippen LogP contribution in [-0.2, 0) is 4.79 Å². The van der Waals surface area contributed by atoms with Crippen LogP contribution in [0.25, 0.3) is 0 Å². The predicted molar refractivity (Wildman–Crippen MR) is 72.4 cm³/mol. The molecule has 2 atom stereocenters. The smallest absolute Gasteiger partial charge is 0.235 e. The van der Waals surface area contributed by atoms with Gasteiger partial charge in [0.1, 0.15) is 0 Å². The van der Waals surface area contributed by atoms with Crippen molar-refractivity contribution < 1.29 is 4.79 Å². The first kappa shape index (κ1) is 13.2. The van der Waals surface area contributed by atoms with E-state index in [2.05, 4.69) is 10.2 Å². The fraction of sp³-hybridized carbons (Fsp3) is 0.917. The minimum Gasteiger partial charge on any atom is -0.340 e. The summed E-state index contributed by atoms with van der Waals surface area (Å²) in [5, 5.41) is 3.48. The summed E-state index contributed by atoms with van der Waals surface area (Å²) in [5.41, 5.74) is 0. The highest BCUT2D eigenvalue weighted by Crippen LogP contribution is 2.19. The highest BCUT2D eigenvalue weighted by molar-refractivity contribution is 7.99. The first-order valence-corrected chi connectivity index (χ1v) is 7.77. The van der Waals surface area contributed by atoms with Crippen LogP contribution in [0.2, 0.25) is 0 Å². The van der Waals surface area contributed by atoms with Gasteiger partial charge in [-0.05, 0) is 19.6 Å². The van der Waals surface area contributed by atoms with Gasteiger partial charge in [0.25, 0.3) is 0 Å². The molecule has 0 aromatic rings. The fourth-order valence-corrected chi connectivity index (χ4v) is 3.00. The fourth-order valence-electron chi connectivity index (χ4n) is 2.65. The second-order valence-corrected chi connectivity index (χ2v) is 6.07. The molecule has 0 radical (unpaired) electrons. The van der Waals surface area contributed by atoms with Crippen LogP contribution in [0.3, 0.4) is 0 Å². The summed E-state index contributed by atoms with van der Waals surface area (Å²) in [4.78, 5) is 16.7. The van der Waals surface area contributed by atoms with Crippen LogP contribution < -0.4 is 5.32 Å². The van der Waals surface area contributed by atoms with Crippen molar-refractivity contribution in [3.8, 4) is 0 Å². The Labute approximate surface area is 108 Å². The Balaban J connectivity index is 1.84. The second kappa shape index (κ2) is 6.07. The lowest BCUT2D eigenvalue weighted by atomic mass is 10.2. The molecule has 2 heterocycles. The molecular formula is C12H23N3OS. The summed E-state index contributed by atoms with van der Waals surface area (Å²) in [5.74, 6) is 0.315. The molecule has 5 heteroatoms. The van der Waals surface area contributed by atoms with Gasteiger partial charge in [0.15, 0.2) is 0 Å². The van der Waals surface area contributed by atoms with Gasteiger partial charge in [-0.15, -0.1) is 0 Å². The van der Waals surface area contributed by atoms with E-state index in [0.29, 0.717) is 11.9 Å². The third-order valence-corrected chi connectivity index (χ3v) is 4.75. The zero-order valence-corrected chi connectivity index (χ0v) is 11.6. The zero-order chi connectivity index (χ0) is 12.3. The van der Waals surface area contributed by atoms with Crippen molar-refractivity contribution in [3.63, 3.8) is 0 Å². The average molecular weight is 257 g/mol. The minimum absolute atomic E-state index is 0.108. The quantitative estimate of drug-likeness (QED) is 0.786. The molecule has 4 nitrogen and oxygen atoms in total. The van der Waals surface area contributed by atoms with Crippen LogP contribution in [0.4, 0.5) is 0 Å². The largest absolute Gasteiger partial charge is 0.340 e. The lowest BCUT2D eigenvalue weighted by Crippen LogP contribution is -2.49. The van der Waals surface area contributed by atoms with Crippen molar-refractivity contribution >= 4 is 17.7 Å². The van der Waals surface area contributed by atoms with Gasteiger partial charge in [-0.1, -0.05) is 0 Å². The lowest BCUT2D eigenvalue weighted by molar-refractivity contribution is -0.129. The van der Waals surface area contributed by atoms with Crippen molar-refractivity contribution in [2.75, 3.05) is 45.5 Å². The van der Waals surface area contributed by atoms with Gasteiger partial charge < -0.3 is 10.2 Å². The molecule has 0 aromatic heterocycles. The first-order valence-electron chi connectivity index (χ1n) is 6.48. The Hall–Kier alpha value is -0.260. The normalized spacial score (nSPS) is 28.4. The number of rotatable bonds is 3. The van der Waals surface area contributed by atoms with E-state index in [1.54, 1.807) is 11.8 Å². The van der Waals surface area contributed by atoms with Gasteiger partial charge in [-0.2, -0.15) is 11.8 Å². The highest BCUT2D eigenvalue weighted by Gasteiger charge is 2.32. The third kappa shape index (κ3) is 3.14. The molecule has 0 bridgehead atoms. The summed E-state index contributed by atoms with van der Waals surface area (Å²) >= 11 is 1.64. The molecular weight excluding hydrogens is 234 g/mol. The standard InChI is InChI=1S/C12H23N3OS/c1-10(17-2)12(16)15-6-3-11(9-15)14-7-4-13-5-8-14/h10-11,13H,3-9H2,1-2H3. The van der Waals surface area contributed by atoms with E-state index in [0.717, 1.165) is 45.7 Å². The van der Waals surface area contributed by atoms with Gasteiger partial charge >= 0.3 is 0 Å². The van der Waals surface area contributed by atoms with E-state index in [1.165, 1.54) is 0 Å². The second-order valence-electron chi connectivity index (χ2n) is 4.89. The van der Waals surface area contributed by atoms with Gasteiger partial charge in [0, 0.05) is 45.3 Å². The molecule has 98 valence electrons. The summed E-state index contributed by atoms with van der Waals surface area (Å²) in [6, 6.07) is 0.593. The molecule has 2 aliphatic heterocycles. The van der Waals surface area contributed by atoms with Crippen LogP contribution in [-0.4, -0.2) is 72.5 Å². The molecule has 2 aliphatic rings. The SMILES string of the molecule is CSC(C)C(=O)N1CCC(N2CCNCC2)C1.